The number of nitrogens with one attached hydrogen (secondary N) is 2. The maximum Gasteiger partial charge on any atom is 0.257 e. The van der Waals surface area contributed by atoms with Gasteiger partial charge in [0.25, 0.3) is 5.91 Å². The van der Waals surface area contributed by atoms with Gasteiger partial charge in [-0.3, -0.25) is 15.4 Å². The van der Waals surface area contributed by atoms with E-state index in [1.54, 1.807) is 28.9 Å². The van der Waals surface area contributed by atoms with Crippen molar-refractivity contribution < 1.29 is 9.53 Å². The summed E-state index contributed by atoms with van der Waals surface area (Å²) in [7, 11) is 0. The monoisotopic (exact) mass is 362 g/mol. The number of thiocarbonyl (C=S) groups is 1. The van der Waals surface area contributed by atoms with Crippen molar-refractivity contribution >= 4 is 29.2 Å². The molecule has 1 amide bonds. The van der Waals surface area contributed by atoms with Crippen molar-refractivity contribution in [2.45, 2.75) is 46.3 Å². The van der Waals surface area contributed by atoms with Crippen LogP contribution in [-0.4, -0.2) is 37.3 Å². The first-order valence-electron chi connectivity index (χ1n) is 8.18. The van der Waals surface area contributed by atoms with Crippen molar-refractivity contribution in [2.24, 2.45) is 0 Å². The van der Waals surface area contributed by atoms with Gasteiger partial charge in [-0.05, 0) is 66.7 Å². The summed E-state index contributed by atoms with van der Waals surface area (Å²) in [6, 6.07) is 6.91. The van der Waals surface area contributed by atoms with E-state index in [1.165, 1.54) is 0 Å². The molecule has 1 atom stereocenters. The molecule has 1 aromatic carbocycles. The van der Waals surface area contributed by atoms with Gasteiger partial charge in [0.1, 0.15) is 5.75 Å². The average Bonchev–Trinajstić information content (AvgIpc) is 3.02. The van der Waals surface area contributed by atoms with E-state index in [9.17, 15) is 4.79 Å². The molecule has 0 radical (unpaired) electrons. The van der Waals surface area contributed by atoms with Gasteiger partial charge in [0.15, 0.2) is 5.11 Å². The SMILES string of the molecule is CCCn1nnnc1NC(=S)NC(=O)c1ccc(OC(C)CC)cc1. The topological polar surface area (TPSA) is 94.0 Å². The Labute approximate surface area is 151 Å². The van der Waals surface area contributed by atoms with Crippen LogP contribution in [-0.2, 0) is 6.54 Å². The molecule has 25 heavy (non-hydrogen) atoms. The Bertz CT molecular complexity index is 716. The number of amides is 1. The Morgan fingerprint density at radius 3 is 2.68 bits per heavy atom. The molecule has 2 aromatic rings. The van der Waals surface area contributed by atoms with E-state index in [-0.39, 0.29) is 17.1 Å². The average molecular weight is 362 g/mol. The van der Waals surface area contributed by atoms with E-state index in [2.05, 4.69) is 33.1 Å². The van der Waals surface area contributed by atoms with Crippen molar-refractivity contribution in [3.05, 3.63) is 29.8 Å². The van der Waals surface area contributed by atoms with Crippen LogP contribution in [0.1, 0.15) is 44.0 Å². The van der Waals surface area contributed by atoms with Crippen LogP contribution < -0.4 is 15.4 Å². The number of aryl methyl sites for hydroxylation is 1. The first kappa shape index (κ1) is 18.8. The Hall–Kier alpha value is -2.55. The van der Waals surface area contributed by atoms with Gasteiger partial charge in [0, 0.05) is 12.1 Å². The maximum absolute atomic E-state index is 12.2. The molecular weight excluding hydrogens is 340 g/mol. The second kappa shape index (κ2) is 9.07. The number of rotatable bonds is 7. The minimum absolute atomic E-state index is 0.130. The second-order valence-corrected chi connectivity index (χ2v) is 5.90. The van der Waals surface area contributed by atoms with E-state index in [0.717, 1.165) is 18.6 Å². The zero-order valence-corrected chi connectivity index (χ0v) is 15.3. The Kier molecular flexibility index (Phi) is 6.81. The van der Waals surface area contributed by atoms with Crippen molar-refractivity contribution in [2.75, 3.05) is 5.32 Å². The summed E-state index contributed by atoms with van der Waals surface area (Å²) in [6.45, 7) is 6.72. The highest BCUT2D eigenvalue weighted by atomic mass is 32.1. The normalized spacial score (nSPS) is 11.6. The summed E-state index contributed by atoms with van der Waals surface area (Å²) in [5.41, 5.74) is 0.480. The fourth-order valence-electron chi connectivity index (χ4n) is 1.97. The molecule has 134 valence electrons. The minimum atomic E-state index is -0.317. The zero-order chi connectivity index (χ0) is 18.2. The van der Waals surface area contributed by atoms with Gasteiger partial charge in [-0.25, -0.2) is 4.68 Å². The van der Waals surface area contributed by atoms with Crippen LogP contribution in [0.3, 0.4) is 0 Å². The van der Waals surface area contributed by atoms with Crippen LogP contribution in [0.15, 0.2) is 24.3 Å². The van der Waals surface area contributed by atoms with E-state index in [4.69, 9.17) is 17.0 Å². The van der Waals surface area contributed by atoms with Crippen molar-refractivity contribution in [3.8, 4) is 5.75 Å². The van der Waals surface area contributed by atoms with E-state index < -0.39 is 0 Å². The third-order valence-corrected chi connectivity index (χ3v) is 3.65. The molecule has 2 rings (SSSR count). The summed E-state index contributed by atoms with van der Waals surface area (Å²) in [4.78, 5) is 12.2. The summed E-state index contributed by atoms with van der Waals surface area (Å²) in [5, 5.41) is 16.8. The van der Waals surface area contributed by atoms with Crippen LogP contribution in [0.25, 0.3) is 0 Å². The van der Waals surface area contributed by atoms with Crippen molar-refractivity contribution in [1.82, 2.24) is 25.5 Å². The molecule has 0 saturated carbocycles. The molecule has 1 aromatic heterocycles. The van der Waals surface area contributed by atoms with Gasteiger partial charge >= 0.3 is 0 Å². The number of anilines is 1. The van der Waals surface area contributed by atoms with E-state index in [0.29, 0.717) is 18.1 Å². The van der Waals surface area contributed by atoms with E-state index in [1.807, 2.05) is 13.8 Å². The molecule has 1 unspecified atom stereocenters. The molecular formula is C16H22N6O2S. The molecule has 9 heteroatoms. The Morgan fingerprint density at radius 1 is 1.32 bits per heavy atom. The second-order valence-electron chi connectivity index (χ2n) is 5.49. The number of hydrogen-bond donors (Lipinski definition) is 2. The van der Waals surface area contributed by atoms with Gasteiger partial charge in [0.05, 0.1) is 6.10 Å². The first-order valence-corrected chi connectivity index (χ1v) is 8.59. The fraction of sp³-hybridized carbons (Fsp3) is 0.438. The minimum Gasteiger partial charge on any atom is -0.491 e. The van der Waals surface area contributed by atoms with Gasteiger partial charge < -0.3 is 4.74 Å². The summed E-state index contributed by atoms with van der Waals surface area (Å²) < 4.78 is 7.27. The van der Waals surface area contributed by atoms with Crippen LogP contribution in [0.4, 0.5) is 5.95 Å². The highest BCUT2D eigenvalue weighted by Crippen LogP contribution is 2.15. The van der Waals surface area contributed by atoms with Crippen molar-refractivity contribution in [3.63, 3.8) is 0 Å². The molecule has 0 aliphatic rings. The number of carbonyl (C=O) groups is 1. The lowest BCUT2D eigenvalue weighted by Crippen LogP contribution is -2.35. The standard InChI is InChI=1S/C16H22N6O2S/c1-4-10-22-15(19-20-21-22)18-16(25)17-14(23)12-6-8-13(9-7-12)24-11(3)5-2/h6-9,11H,4-5,10H2,1-3H3,(H2,17,18,19,21,23,25). The third-order valence-electron chi connectivity index (χ3n) is 3.45. The predicted octanol–water partition coefficient (Wildman–Crippen LogP) is 2.39. The van der Waals surface area contributed by atoms with Gasteiger partial charge in [-0.15, -0.1) is 0 Å². The lowest BCUT2D eigenvalue weighted by atomic mass is 10.2. The quantitative estimate of drug-likeness (QED) is 0.730. The summed E-state index contributed by atoms with van der Waals surface area (Å²) in [5.74, 6) is 0.803. The smallest absolute Gasteiger partial charge is 0.257 e. The molecule has 0 spiro atoms. The lowest BCUT2D eigenvalue weighted by Gasteiger charge is -2.13. The van der Waals surface area contributed by atoms with E-state index >= 15 is 0 Å². The number of ether oxygens (including phenoxy) is 1. The van der Waals surface area contributed by atoms with Gasteiger partial charge in [-0.2, -0.15) is 0 Å². The molecule has 0 aliphatic heterocycles. The molecule has 0 aliphatic carbocycles. The van der Waals surface area contributed by atoms with Crippen LogP contribution in [0, 0.1) is 0 Å². The lowest BCUT2D eigenvalue weighted by molar-refractivity contribution is 0.0977. The fourth-order valence-corrected chi connectivity index (χ4v) is 2.15. The summed E-state index contributed by atoms with van der Waals surface area (Å²) in [6.07, 6.45) is 1.93. The number of benzene rings is 1. The van der Waals surface area contributed by atoms with Crippen LogP contribution in [0.2, 0.25) is 0 Å². The van der Waals surface area contributed by atoms with Gasteiger partial charge in [-0.1, -0.05) is 18.9 Å². The van der Waals surface area contributed by atoms with Crippen LogP contribution >= 0.6 is 12.2 Å². The first-order chi connectivity index (χ1) is 12.0. The Morgan fingerprint density at radius 2 is 2.04 bits per heavy atom. The van der Waals surface area contributed by atoms with Crippen molar-refractivity contribution in [1.29, 1.82) is 0 Å². The molecule has 1 heterocycles. The third kappa shape index (κ3) is 5.49. The number of aromatic nitrogens is 4. The predicted molar refractivity (Wildman–Crippen MR) is 98.6 cm³/mol. The van der Waals surface area contributed by atoms with Gasteiger partial charge in [0.2, 0.25) is 5.95 Å². The molecule has 0 bridgehead atoms. The molecule has 0 saturated heterocycles. The number of nitrogens with zero attached hydrogens (tertiary/aromatic N) is 4. The number of tetrazole rings is 1. The molecule has 0 fully saturated rings. The zero-order valence-electron chi connectivity index (χ0n) is 14.5. The Balaban J connectivity index is 1.92. The number of carbonyl (C=O) groups excluding carboxylic acids is 1. The van der Waals surface area contributed by atoms with Crippen LogP contribution in [0.5, 0.6) is 5.75 Å². The largest absolute Gasteiger partial charge is 0.491 e. The summed E-state index contributed by atoms with van der Waals surface area (Å²) >= 11 is 5.14. The highest BCUT2D eigenvalue weighted by molar-refractivity contribution is 7.80. The number of hydrogen-bond acceptors (Lipinski definition) is 6. The maximum atomic E-state index is 12.2. The highest BCUT2D eigenvalue weighted by Gasteiger charge is 2.11. The molecule has 8 nitrogen and oxygen atoms in total. The molecule has 2 N–H and O–H groups in total.